The van der Waals surface area contributed by atoms with E-state index >= 15 is 0 Å². The molecule has 0 rings (SSSR count). The molecule has 0 unspecified atom stereocenters. The Morgan fingerprint density at radius 3 is 2.00 bits per heavy atom. The monoisotopic (exact) mass is 318 g/mol. The quantitative estimate of drug-likeness (QED) is 0.445. The van der Waals surface area contributed by atoms with Gasteiger partial charge in [-0.05, 0) is 0 Å². The summed E-state index contributed by atoms with van der Waals surface area (Å²) < 4.78 is 36.7. The van der Waals surface area contributed by atoms with Crippen LogP contribution in [0.25, 0.3) is 0 Å². The SMILES string of the molecule is NCCOCCNC(=O)CCC(=O)O.O=C(O)C(F)(F)F. The van der Waals surface area contributed by atoms with Crippen LogP contribution in [0.4, 0.5) is 13.2 Å². The summed E-state index contributed by atoms with van der Waals surface area (Å²) in [5.41, 5.74) is 5.17. The van der Waals surface area contributed by atoms with Crippen LogP contribution < -0.4 is 11.1 Å². The van der Waals surface area contributed by atoms with Crippen molar-refractivity contribution in [1.29, 1.82) is 0 Å². The number of carbonyl (C=O) groups is 3. The molecule has 0 aromatic heterocycles. The van der Waals surface area contributed by atoms with E-state index in [0.717, 1.165) is 0 Å². The van der Waals surface area contributed by atoms with E-state index in [-0.39, 0.29) is 18.7 Å². The number of nitrogens with two attached hydrogens (primary N) is 1. The fourth-order valence-electron chi connectivity index (χ4n) is 0.757. The van der Waals surface area contributed by atoms with E-state index in [0.29, 0.717) is 26.3 Å². The molecule has 0 bridgehead atoms. The maximum absolute atomic E-state index is 10.9. The topological polar surface area (TPSA) is 139 Å². The zero-order valence-electron chi connectivity index (χ0n) is 11.0. The summed E-state index contributed by atoms with van der Waals surface area (Å²) in [6, 6.07) is 0. The van der Waals surface area contributed by atoms with Gasteiger partial charge in [0.15, 0.2) is 0 Å². The third-order valence-corrected chi connectivity index (χ3v) is 1.64. The van der Waals surface area contributed by atoms with E-state index in [1.807, 2.05) is 0 Å². The molecule has 0 saturated heterocycles. The predicted molar refractivity (Wildman–Crippen MR) is 63.4 cm³/mol. The van der Waals surface area contributed by atoms with E-state index in [2.05, 4.69) is 5.32 Å². The molecule has 0 heterocycles. The van der Waals surface area contributed by atoms with Crippen molar-refractivity contribution in [3.05, 3.63) is 0 Å². The summed E-state index contributed by atoms with van der Waals surface area (Å²) >= 11 is 0. The first-order valence-electron chi connectivity index (χ1n) is 5.67. The fourth-order valence-corrected chi connectivity index (χ4v) is 0.757. The van der Waals surface area contributed by atoms with Crippen LogP contribution in [0.1, 0.15) is 12.8 Å². The Hall–Kier alpha value is -1.88. The predicted octanol–water partition coefficient (Wildman–Crippen LogP) is -0.424. The Labute approximate surface area is 118 Å². The van der Waals surface area contributed by atoms with Crippen LogP contribution in [-0.2, 0) is 19.1 Å². The zero-order chi connectivity index (χ0) is 16.9. The molecule has 124 valence electrons. The first-order chi connectivity index (χ1) is 9.61. The minimum absolute atomic E-state index is 0.00617. The molecule has 21 heavy (non-hydrogen) atoms. The Kier molecular flexibility index (Phi) is 12.1. The number of hydrogen-bond donors (Lipinski definition) is 4. The van der Waals surface area contributed by atoms with Gasteiger partial charge in [0.1, 0.15) is 0 Å². The molecule has 0 aliphatic rings. The zero-order valence-corrected chi connectivity index (χ0v) is 11.0. The van der Waals surface area contributed by atoms with Crippen LogP contribution in [0.2, 0.25) is 0 Å². The number of alkyl halides is 3. The van der Waals surface area contributed by atoms with Crippen molar-refractivity contribution in [3.63, 3.8) is 0 Å². The molecule has 1 amide bonds. The maximum atomic E-state index is 10.9. The number of nitrogens with one attached hydrogen (secondary N) is 1. The Morgan fingerprint density at radius 2 is 1.62 bits per heavy atom. The van der Waals surface area contributed by atoms with Crippen molar-refractivity contribution >= 4 is 17.8 Å². The van der Waals surface area contributed by atoms with Crippen LogP contribution in [0.3, 0.4) is 0 Å². The van der Waals surface area contributed by atoms with E-state index in [1.54, 1.807) is 0 Å². The van der Waals surface area contributed by atoms with Gasteiger partial charge in [0.2, 0.25) is 5.91 Å². The second-order valence-electron chi connectivity index (χ2n) is 3.45. The molecule has 0 aromatic carbocycles. The number of carbonyl (C=O) groups excluding carboxylic acids is 1. The molecule has 0 aliphatic carbocycles. The van der Waals surface area contributed by atoms with E-state index < -0.39 is 18.1 Å². The summed E-state index contributed by atoms with van der Waals surface area (Å²) in [5, 5.41) is 17.9. The molecule has 0 spiro atoms. The molecular formula is C10H17F3N2O6. The van der Waals surface area contributed by atoms with Gasteiger partial charge in [0.25, 0.3) is 0 Å². The number of rotatable bonds is 8. The van der Waals surface area contributed by atoms with Gasteiger partial charge in [-0.15, -0.1) is 0 Å². The van der Waals surface area contributed by atoms with Gasteiger partial charge < -0.3 is 26.0 Å². The first kappa shape index (κ1) is 21.4. The number of carboxylic acids is 2. The van der Waals surface area contributed by atoms with Crippen molar-refractivity contribution in [3.8, 4) is 0 Å². The van der Waals surface area contributed by atoms with E-state index in [9.17, 15) is 22.8 Å². The molecule has 0 fully saturated rings. The van der Waals surface area contributed by atoms with Gasteiger partial charge in [-0.3, -0.25) is 9.59 Å². The number of hydrogen-bond acceptors (Lipinski definition) is 5. The molecule has 8 nitrogen and oxygen atoms in total. The lowest BCUT2D eigenvalue weighted by atomic mass is 10.3. The number of ether oxygens (including phenoxy) is 1. The van der Waals surface area contributed by atoms with Crippen molar-refractivity contribution in [2.45, 2.75) is 19.0 Å². The molecule has 0 radical (unpaired) electrons. The summed E-state index contributed by atoms with van der Waals surface area (Å²) in [4.78, 5) is 29.9. The normalized spacial score (nSPS) is 10.3. The Morgan fingerprint density at radius 1 is 1.10 bits per heavy atom. The van der Waals surface area contributed by atoms with Crippen LogP contribution in [0.15, 0.2) is 0 Å². The summed E-state index contributed by atoms with van der Waals surface area (Å²) in [6.07, 6.45) is -5.22. The number of aliphatic carboxylic acids is 2. The van der Waals surface area contributed by atoms with Crippen LogP contribution in [0.5, 0.6) is 0 Å². The molecule has 11 heteroatoms. The molecule has 0 atom stereocenters. The van der Waals surface area contributed by atoms with Crippen LogP contribution >= 0.6 is 0 Å². The Balaban J connectivity index is 0. The third-order valence-electron chi connectivity index (χ3n) is 1.64. The molecule has 0 saturated carbocycles. The molecule has 0 aromatic rings. The largest absolute Gasteiger partial charge is 0.490 e. The lowest BCUT2D eigenvalue weighted by Crippen LogP contribution is -2.28. The van der Waals surface area contributed by atoms with Crippen molar-refractivity contribution in [2.75, 3.05) is 26.3 Å². The maximum Gasteiger partial charge on any atom is 0.490 e. The highest BCUT2D eigenvalue weighted by Crippen LogP contribution is 2.13. The van der Waals surface area contributed by atoms with Gasteiger partial charge in [-0.1, -0.05) is 0 Å². The lowest BCUT2D eigenvalue weighted by molar-refractivity contribution is -0.192. The standard InChI is InChI=1S/C8H16N2O4.C2HF3O2/c9-3-5-14-6-4-10-7(11)1-2-8(12)13;3-2(4,5)1(6)7/h1-6,9H2,(H,10,11)(H,12,13);(H,6,7). The van der Waals surface area contributed by atoms with Gasteiger partial charge >= 0.3 is 18.1 Å². The first-order valence-corrected chi connectivity index (χ1v) is 5.67. The third kappa shape index (κ3) is 18.1. The number of halogens is 3. The fraction of sp³-hybridized carbons (Fsp3) is 0.700. The van der Waals surface area contributed by atoms with Gasteiger partial charge in [0.05, 0.1) is 19.6 Å². The van der Waals surface area contributed by atoms with Crippen molar-refractivity contribution in [2.24, 2.45) is 5.73 Å². The molecular weight excluding hydrogens is 301 g/mol. The second-order valence-corrected chi connectivity index (χ2v) is 3.45. The van der Waals surface area contributed by atoms with Crippen LogP contribution in [-0.4, -0.2) is 60.5 Å². The number of carboxylic acid groups (broad SMARTS) is 2. The Bertz CT molecular complexity index is 335. The lowest BCUT2D eigenvalue weighted by Gasteiger charge is -2.04. The average molecular weight is 318 g/mol. The van der Waals surface area contributed by atoms with Crippen molar-refractivity contribution < 1.29 is 42.5 Å². The highest BCUT2D eigenvalue weighted by Gasteiger charge is 2.38. The number of amides is 1. The smallest absolute Gasteiger partial charge is 0.481 e. The summed E-state index contributed by atoms with van der Waals surface area (Å²) in [7, 11) is 0. The van der Waals surface area contributed by atoms with Gasteiger partial charge in [-0.25, -0.2) is 4.79 Å². The van der Waals surface area contributed by atoms with Crippen molar-refractivity contribution in [1.82, 2.24) is 5.32 Å². The highest BCUT2D eigenvalue weighted by atomic mass is 19.4. The van der Waals surface area contributed by atoms with Gasteiger partial charge in [-0.2, -0.15) is 13.2 Å². The van der Waals surface area contributed by atoms with E-state index in [1.165, 1.54) is 0 Å². The summed E-state index contributed by atoms with van der Waals surface area (Å²) in [6.45, 7) is 1.70. The van der Waals surface area contributed by atoms with E-state index in [4.69, 9.17) is 25.5 Å². The highest BCUT2D eigenvalue weighted by molar-refractivity contribution is 5.80. The van der Waals surface area contributed by atoms with Gasteiger partial charge in [0, 0.05) is 19.5 Å². The second kappa shape index (κ2) is 11.9. The molecule has 5 N–H and O–H groups in total. The average Bonchev–Trinajstić information content (AvgIpc) is 2.35. The summed E-state index contributed by atoms with van der Waals surface area (Å²) in [5.74, 6) is -4.00. The minimum atomic E-state index is -5.08. The minimum Gasteiger partial charge on any atom is -0.481 e. The molecule has 0 aliphatic heterocycles. The van der Waals surface area contributed by atoms with Crippen LogP contribution in [0, 0.1) is 0 Å².